The minimum Gasteiger partial charge on any atom is -0.298 e. The smallest absolute Gasteiger partial charge is 0.146 e. The van der Waals surface area contributed by atoms with Gasteiger partial charge in [0, 0.05) is 10.9 Å². The van der Waals surface area contributed by atoms with Crippen LogP contribution in [0, 0.1) is 0 Å². The van der Waals surface area contributed by atoms with Gasteiger partial charge < -0.3 is 0 Å². The Kier molecular flexibility index (Phi) is 2.32. The van der Waals surface area contributed by atoms with Crippen LogP contribution in [0.4, 0.5) is 0 Å². The van der Waals surface area contributed by atoms with Crippen molar-refractivity contribution in [3.63, 3.8) is 0 Å². The third kappa shape index (κ3) is 1.59. The monoisotopic (exact) mass is 236 g/mol. The molecule has 2 heteroatoms. The zero-order valence-corrected chi connectivity index (χ0v) is 8.67. The first-order valence-electron chi connectivity index (χ1n) is 4.21. The van der Waals surface area contributed by atoms with Crippen molar-refractivity contribution in [3.05, 3.63) is 45.4 Å². The first kappa shape index (κ1) is 8.70. The van der Waals surface area contributed by atoms with Gasteiger partial charge in [-0.2, -0.15) is 0 Å². The number of hydrogen-bond acceptors (Lipinski definition) is 1. The van der Waals surface area contributed by atoms with Crippen molar-refractivity contribution in [2.24, 2.45) is 0 Å². The second-order valence-corrected chi connectivity index (χ2v) is 4.01. The second-order valence-electron chi connectivity index (χ2n) is 3.16. The van der Waals surface area contributed by atoms with E-state index in [4.69, 9.17) is 0 Å². The molecule has 0 aliphatic heterocycles. The zero-order valence-electron chi connectivity index (χ0n) is 7.09. The molecule has 0 spiro atoms. The lowest BCUT2D eigenvalue weighted by atomic mass is 9.92. The van der Waals surface area contributed by atoms with Crippen LogP contribution in [0.3, 0.4) is 0 Å². The van der Waals surface area contributed by atoms with Gasteiger partial charge in [0.2, 0.25) is 0 Å². The van der Waals surface area contributed by atoms with E-state index in [0.717, 1.165) is 29.2 Å². The molecular formula is C11H9BrO. The maximum atomic E-state index is 10.6. The van der Waals surface area contributed by atoms with Gasteiger partial charge in [-0.05, 0) is 29.2 Å². The summed E-state index contributed by atoms with van der Waals surface area (Å²) in [5, 5.41) is 0. The van der Waals surface area contributed by atoms with Gasteiger partial charge in [0.25, 0.3) is 0 Å². The summed E-state index contributed by atoms with van der Waals surface area (Å²) in [6.45, 7) is 0. The summed E-state index contributed by atoms with van der Waals surface area (Å²) in [5.74, 6) is 0. The molecule has 66 valence electrons. The summed E-state index contributed by atoms with van der Waals surface area (Å²) < 4.78 is 1.14. The standard InChI is InChI=1S/C11H9BrO/c12-11-3-1-2-9-6-8(7-13)4-5-10(9)11/h1-4,7H,5-6H2. The van der Waals surface area contributed by atoms with E-state index in [1.165, 1.54) is 11.1 Å². The molecule has 0 fully saturated rings. The molecule has 0 saturated heterocycles. The van der Waals surface area contributed by atoms with Crippen molar-refractivity contribution in [1.82, 2.24) is 0 Å². The normalized spacial score (nSPS) is 14.7. The topological polar surface area (TPSA) is 17.1 Å². The van der Waals surface area contributed by atoms with Gasteiger partial charge >= 0.3 is 0 Å². The van der Waals surface area contributed by atoms with Crippen molar-refractivity contribution in [3.8, 4) is 0 Å². The SMILES string of the molecule is O=CC1=CCc2c(Br)cccc2C1. The Labute approximate surface area is 85.6 Å². The Morgan fingerprint density at radius 2 is 2.23 bits per heavy atom. The van der Waals surface area contributed by atoms with Crippen LogP contribution in [0.2, 0.25) is 0 Å². The first-order valence-corrected chi connectivity index (χ1v) is 5.01. The van der Waals surface area contributed by atoms with E-state index in [2.05, 4.69) is 22.0 Å². The number of rotatable bonds is 1. The Balaban J connectivity index is 2.43. The predicted molar refractivity (Wildman–Crippen MR) is 55.7 cm³/mol. The largest absolute Gasteiger partial charge is 0.298 e. The number of fused-ring (bicyclic) bond motifs is 1. The summed E-state index contributed by atoms with van der Waals surface area (Å²) >= 11 is 3.51. The highest BCUT2D eigenvalue weighted by molar-refractivity contribution is 9.10. The fourth-order valence-electron chi connectivity index (χ4n) is 1.61. The van der Waals surface area contributed by atoms with Gasteiger partial charge in [0.15, 0.2) is 0 Å². The van der Waals surface area contributed by atoms with Gasteiger partial charge in [-0.3, -0.25) is 4.79 Å². The fraction of sp³-hybridized carbons (Fsp3) is 0.182. The van der Waals surface area contributed by atoms with Crippen molar-refractivity contribution < 1.29 is 4.79 Å². The van der Waals surface area contributed by atoms with Crippen molar-refractivity contribution >= 4 is 22.2 Å². The number of hydrogen-bond donors (Lipinski definition) is 0. The lowest BCUT2D eigenvalue weighted by molar-refractivity contribution is -0.105. The van der Waals surface area contributed by atoms with Crippen LogP contribution in [0.25, 0.3) is 0 Å². The van der Waals surface area contributed by atoms with Crippen LogP contribution in [0.1, 0.15) is 11.1 Å². The number of halogens is 1. The first-order chi connectivity index (χ1) is 6.31. The number of aldehydes is 1. The predicted octanol–water partition coefficient (Wildman–Crippen LogP) is 2.67. The lowest BCUT2D eigenvalue weighted by Gasteiger charge is -2.14. The maximum Gasteiger partial charge on any atom is 0.146 e. The highest BCUT2D eigenvalue weighted by Gasteiger charge is 2.11. The molecule has 1 aromatic rings. The Morgan fingerprint density at radius 3 is 3.00 bits per heavy atom. The molecule has 0 saturated carbocycles. The minimum absolute atomic E-state index is 0.776. The van der Waals surface area contributed by atoms with Crippen molar-refractivity contribution in [2.75, 3.05) is 0 Å². The molecule has 0 unspecified atom stereocenters. The zero-order chi connectivity index (χ0) is 9.26. The van der Waals surface area contributed by atoms with E-state index in [1.54, 1.807) is 0 Å². The third-order valence-corrected chi connectivity index (χ3v) is 3.07. The molecule has 0 heterocycles. The maximum absolute atomic E-state index is 10.6. The molecular weight excluding hydrogens is 228 g/mol. The Hall–Kier alpha value is -0.890. The van der Waals surface area contributed by atoms with E-state index >= 15 is 0 Å². The molecule has 1 aliphatic carbocycles. The summed E-state index contributed by atoms with van der Waals surface area (Å²) in [5.41, 5.74) is 3.47. The summed E-state index contributed by atoms with van der Waals surface area (Å²) in [6.07, 6.45) is 4.59. The van der Waals surface area contributed by atoms with Crippen LogP contribution in [-0.2, 0) is 17.6 Å². The molecule has 0 aromatic heterocycles. The summed E-state index contributed by atoms with van der Waals surface area (Å²) in [4.78, 5) is 10.6. The average Bonchev–Trinajstić information content (AvgIpc) is 2.18. The van der Waals surface area contributed by atoms with Gasteiger partial charge in [-0.1, -0.05) is 34.1 Å². The van der Waals surface area contributed by atoms with Crippen LogP contribution in [-0.4, -0.2) is 6.29 Å². The van der Waals surface area contributed by atoms with Gasteiger partial charge in [0.05, 0.1) is 0 Å². The molecule has 1 aliphatic rings. The van der Waals surface area contributed by atoms with Crippen LogP contribution < -0.4 is 0 Å². The number of benzene rings is 1. The molecule has 0 bridgehead atoms. The quantitative estimate of drug-likeness (QED) is 0.686. The van der Waals surface area contributed by atoms with Crippen molar-refractivity contribution in [2.45, 2.75) is 12.8 Å². The van der Waals surface area contributed by atoms with E-state index in [9.17, 15) is 4.79 Å². The van der Waals surface area contributed by atoms with Crippen molar-refractivity contribution in [1.29, 1.82) is 0 Å². The Morgan fingerprint density at radius 1 is 1.38 bits per heavy atom. The summed E-state index contributed by atoms with van der Waals surface area (Å²) in [7, 11) is 0. The molecule has 0 radical (unpaired) electrons. The molecule has 0 N–H and O–H groups in total. The number of carbonyl (C=O) groups is 1. The minimum atomic E-state index is 0.776. The molecule has 0 amide bonds. The molecule has 1 nitrogen and oxygen atoms in total. The highest BCUT2D eigenvalue weighted by Crippen LogP contribution is 2.26. The average molecular weight is 237 g/mol. The number of allylic oxidation sites excluding steroid dienone is 2. The van der Waals surface area contributed by atoms with Gasteiger partial charge in [-0.25, -0.2) is 0 Å². The van der Waals surface area contributed by atoms with E-state index in [0.29, 0.717) is 0 Å². The Bertz CT molecular complexity index is 380. The van der Waals surface area contributed by atoms with E-state index < -0.39 is 0 Å². The van der Waals surface area contributed by atoms with Gasteiger partial charge in [0.1, 0.15) is 6.29 Å². The lowest BCUT2D eigenvalue weighted by Crippen LogP contribution is -2.04. The van der Waals surface area contributed by atoms with E-state index in [1.807, 2.05) is 18.2 Å². The molecule has 13 heavy (non-hydrogen) atoms. The third-order valence-electron chi connectivity index (χ3n) is 2.33. The van der Waals surface area contributed by atoms with Crippen LogP contribution >= 0.6 is 15.9 Å². The molecule has 2 rings (SSSR count). The molecule has 1 aromatic carbocycles. The second kappa shape index (κ2) is 3.46. The van der Waals surface area contributed by atoms with Crippen LogP contribution in [0.5, 0.6) is 0 Å². The number of carbonyl (C=O) groups excluding carboxylic acids is 1. The highest BCUT2D eigenvalue weighted by atomic mass is 79.9. The fourth-order valence-corrected chi connectivity index (χ4v) is 2.18. The van der Waals surface area contributed by atoms with Crippen LogP contribution in [0.15, 0.2) is 34.3 Å². The van der Waals surface area contributed by atoms with E-state index in [-0.39, 0.29) is 0 Å². The summed E-state index contributed by atoms with van der Waals surface area (Å²) in [6, 6.07) is 6.13. The molecule has 0 atom stereocenters. The van der Waals surface area contributed by atoms with Gasteiger partial charge in [-0.15, -0.1) is 0 Å².